The number of amides is 1. The highest BCUT2D eigenvalue weighted by Crippen LogP contribution is 2.12. The minimum atomic E-state index is -4.02. The average molecular weight is 364 g/mol. The minimum Gasteiger partial charge on any atom is -0.508 e. The molecule has 2 rings (SSSR count). The molecule has 0 spiro atoms. The normalized spacial score (nSPS) is 10.9. The lowest BCUT2D eigenvalue weighted by Gasteiger charge is -2.09. The van der Waals surface area contributed by atoms with Crippen LogP contribution in [0.15, 0.2) is 53.4 Å². The van der Waals surface area contributed by atoms with E-state index in [0.29, 0.717) is 0 Å². The number of phenolic OH excluding ortho intramolecular Hbond substituents is 1. The van der Waals surface area contributed by atoms with E-state index < -0.39 is 21.9 Å². The van der Waals surface area contributed by atoms with Crippen molar-refractivity contribution in [3.05, 3.63) is 59.7 Å². The fraction of sp³-hybridized carbons (Fsp3) is 0.125. The van der Waals surface area contributed by atoms with E-state index in [-0.39, 0.29) is 28.4 Å². The maximum Gasteiger partial charge on any atom is 0.338 e. The molecule has 0 aliphatic heterocycles. The summed E-state index contributed by atoms with van der Waals surface area (Å²) in [5.41, 5.74) is 2.34. The Labute approximate surface area is 144 Å². The Kier molecular flexibility index (Phi) is 5.73. The molecule has 2 aromatic rings. The summed E-state index contributed by atoms with van der Waals surface area (Å²) in [5.74, 6) is -1.41. The number of benzene rings is 2. The van der Waals surface area contributed by atoms with Crippen molar-refractivity contribution in [3.63, 3.8) is 0 Å². The van der Waals surface area contributed by atoms with Gasteiger partial charge in [-0.1, -0.05) is 6.07 Å². The number of carbonyl (C=O) groups excluding carboxylic acids is 2. The molecule has 0 unspecified atom stereocenters. The molecular formula is C16H16N2O6S. The van der Waals surface area contributed by atoms with Crippen molar-refractivity contribution in [2.45, 2.75) is 11.8 Å². The molecule has 25 heavy (non-hydrogen) atoms. The first kappa shape index (κ1) is 18.4. The Morgan fingerprint density at radius 2 is 1.76 bits per heavy atom. The van der Waals surface area contributed by atoms with Crippen molar-refractivity contribution >= 4 is 21.9 Å². The van der Waals surface area contributed by atoms with Gasteiger partial charge in [-0.2, -0.15) is 0 Å². The number of hydrazine groups is 1. The summed E-state index contributed by atoms with van der Waals surface area (Å²) >= 11 is 0. The Hall–Kier alpha value is -2.91. The number of nitrogens with one attached hydrogen (secondary N) is 2. The molecule has 0 atom stereocenters. The molecule has 3 N–H and O–H groups in total. The zero-order valence-corrected chi connectivity index (χ0v) is 14.0. The molecule has 0 aliphatic rings. The van der Waals surface area contributed by atoms with Gasteiger partial charge in [0.05, 0.1) is 17.1 Å². The topological polar surface area (TPSA) is 122 Å². The molecule has 0 bridgehead atoms. The van der Waals surface area contributed by atoms with Crippen LogP contribution in [-0.2, 0) is 14.8 Å². The fourth-order valence-electron chi connectivity index (χ4n) is 1.88. The maximum absolute atomic E-state index is 12.2. The Morgan fingerprint density at radius 3 is 2.36 bits per heavy atom. The van der Waals surface area contributed by atoms with Crippen molar-refractivity contribution in [1.82, 2.24) is 10.3 Å². The zero-order chi connectivity index (χ0) is 18.4. The van der Waals surface area contributed by atoms with Crippen molar-refractivity contribution in [3.8, 4) is 5.75 Å². The number of sulfonamides is 1. The van der Waals surface area contributed by atoms with Crippen LogP contribution in [0, 0.1) is 0 Å². The van der Waals surface area contributed by atoms with E-state index in [0.717, 1.165) is 0 Å². The Morgan fingerprint density at radius 1 is 1.08 bits per heavy atom. The number of hydrogen-bond acceptors (Lipinski definition) is 6. The third-order valence-electron chi connectivity index (χ3n) is 3.08. The molecule has 0 heterocycles. The van der Waals surface area contributed by atoms with Crippen LogP contribution < -0.4 is 10.3 Å². The highest BCUT2D eigenvalue weighted by molar-refractivity contribution is 7.89. The largest absolute Gasteiger partial charge is 0.508 e. The summed E-state index contributed by atoms with van der Waals surface area (Å²) < 4.78 is 29.1. The Bertz CT molecular complexity index is 878. The van der Waals surface area contributed by atoms with Gasteiger partial charge in [0.1, 0.15) is 5.75 Å². The number of aromatic hydroxyl groups is 1. The minimum absolute atomic E-state index is 0.0837. The van der Waals surface area contributed by atoms with Crippen LogP contribution in [0.4, 0.5) is 0 Å². The van der Waals surface area contributed by atoms with E-state index in [9.17, 15) is 23.1 Å². The second-order valence-electron chi connectivity index (χ2n) is 4.85. The van der Waals surface area contributed by atoms with E-state index >= 15 is 0 Å². The van der Waals surface area contributed by atoms with Gasteiger partial charge in [0.15, 0.2) is 0 Å². The van der Waals surface area contributed by atoms with Gasteiger partial charge >= 0.3 is 5.97 Å². The highest BCUT2D eigenvalue weighted by atomic mass is 32.2. The van der Waals surface area contributed by atoms with Crippen molar-refractivity contribution < 1.29 is 27.9 Å². The van der Waals surface area contributed by atoms with Gasteiger partial charge in [0.2, 0.25) is 0 Å². The lowest BCUT2D eigenvalue weighted by atomic mass is 10.2. The third-order valence-corrected chi connectivity index (χ3v) is 4.35. The lowest BCUT2D eigenvalue weighted by Crippen LogP contribution is -2.41. The monoisotopic (exact) mass is 364 g/mol. The molecule has 0 aliphatic carbocycles. The molecule has 132 valence electrons. The summed E-state index contributed by atoms with van der Waals surface area (Å²) in [6, 6.07) is 10.5. The number of esters is 1. The predicted octanol–water partition coefficient (Wildman–Crippen LogP) is 1.19. The van der Waals surface area contributed by atoms with Gasteiger partial charge < -0.3 is 9.84 Å². The zero-order valence-electron chi connectivity index (χ0n) is 13.2. The highest BCUT2D eigenvalue weighted by Gasteiger charge is 2.17. The first-order valence-electron chi connectivity index (χ1n) is 7.22. The molecule has 8 nitrogen and oxygen atoms in total. The number of hydrogen-bond donors (Lipinski definition) is 3. The van der Waals surface area contributed by atoms with E-state index in [2.05, 4.69) is 0 Å². The second kappa shape index (κ2) is 7.77. The molecule has 0 aromatic heterocycles. The summed E-state index contributed by atoms with van der Waals surface area (Å²) in [6.07, 6.45) is 0. The van der Waals surface area contributed by atoms with Crippen LogP contribution in [0.3, 0.4) is 0 Å². The maximum atomic E-state index is 12.2. The number of ether oxygens (including phenoxy) is 1. The molecular weight excluding hydrogens is 348 g/mol. The molecule has 2 aromatic carbocycles. The molecule has 0 fully saturated rings. The Balaban J connectivity index is 2.06. The predicted molar refractivity (Wildman–Crippen MR) is 88.3 cm³/mol. The standard InChI is InChI=1S/C16H16N2O6S/c1-2-24-16(21)11-6-8-14(9-7-11)25(22,23)18-17-15(20)12-4-3-5-13(19)10-12/h3-10,18-19H,2H2,1H3,(H,17,20). The van der Waals surface area contributed by atoms with Crippen LogP contribution >= 0.6 is 0 Å². The average Bonchev–Trinajstić information content (AvgIpc) is 2.60. The van der Waals surface area contributed by atoms with E-state index in [1.807, 2.05) is 10.3 Å². The van der Waals surface area contributed by atoms with Crippen molar-refractivity contribution in [2.24, 2.45) is 0 Å². The number of phenols is 1. The van der Waals surface area contributed by atoms with Crippen LogP contribution in [0.2, 0.25) is 0 Å². The van der Waals surface area contributed by atoms with Crippen LogP contribution in [0.25, 0.3) is 0 Å². The van der Waals surface area contributed by atoms with Gasteiger partial charge in [0, 0.05) is 5.56 Å². The molecule has 0 saturated heterocycles. The molecule has 1 amide bonds. The summed E-state index contributed by atoms with van der Waals surface area (Å²) in [7, 11) is -4.02. The summed E-state index contributed by atoms with van der Waals surface area (Å²) in [4.78, 5) is 25.2. The van der Waals surface area contributed by atoms with Gasteiger partial charge in [-0.25, -0.2) is 13.2 Å². The van der Waals surface area contributed by atoms with E-state index in [1.54, 1.807) is 6.92 Å². The van der Waals surface area contributed by atoms with Gasteiger partial charge in [-0.15, -0.1) is 4.83 Å². The molecule has 0 saturated carbocycles. The van der Waals surface area contributed by atoms with E-state index in [1.165, 1.54) is 48.5 Å². The second-order valence-corrected chi connectivity index (χ2v) is 6.54. The lowest BCUT2D eigenvalue weighted by molar-refractivity contribution is 0.0526. The fourth-order valence-corrected chi connectivity index (χ4v) is 2.72. The first-order valence-corrected chi connectivity index (χ1v) is 8.70. The molecule has 0 radical (unpaired) electrons. The third kappa shape index (κ3) is 4.78. The van der Waals surface area contributed by atoms with Crippen molar-refractivity contribution in [1.29, 1.82) is 0 Å². The van der Waals surface area contributed by atoms with Crippen LogP contribution in [-0.4, -0.2) is 32.0 Å². The van der Waals surface area contributed by atoms with Crippen LogP contribution in [0.1, 0.15) is 27.6 Å². The van der Waals surface area contributed by atoms with Crippen LogP contribution in [0.5, 0.6) is 5.75 Å². The number of carbonyl (C=O) groups is 2. The quantitative estimate of drug-likeness (QED) is 0.523. The van der Waals surface area contributed by atoms with Gasteiger partial charge in [-0.05, 0) is 49.4 Å². The van der Waals surface area contributed by atoms with Gasteiger partial charge in [0.25, 0.3) is 15.9 Å². The first-order chi connectivity index (χ1) is 11.8. The summed E-state index contributed by atoms with van der Waals surface area (Å²) in [6.45, 7) is 1.87. The SMILES string of the molecule is CCOC(=O)c1ccc(S(=O)(=O)NNC(=O)c2cccc(O)c2)cc1. The molecule has 9 heteroatoms. The van der Waals surface area contributed by atoms with E-state index in [4.69, 9.17) is 4.74 Å². The van der Waals surface area contributed by atoms with Crippen molar-refractivity contribution in [2.75, 3.05) is 6.61 Å². The number of rotatable bonds is 6. The summed E-state index contributed by atoms with van der Waals surface area (Å²) in [5, 5.41) is 9.32. The van der Waals surface area contributed by atoms with Gasteiger partial charge in [-0.3, -0.25) is 10.2 Å². The smallest absolute Gasteiger partial charge is 0.338 e.